The van der Waals surface area contributed by atoms with Crippen LogP contribution in [0, 0.1) is 23.0 Å². The number of aliphatic hydroxyl groups excluding tert-OH is 2. The standard InChI is InChI=1S/2C18H14P.2C5H12O2.2ClH.2Pd/c2*1-4-10-16(11-5-1)19(17-12-6-2-7-13-17)18-14-8-3-9-15-18;2*1-5(2,3)4(6)7;;;;/h2*1-14H;2*4,6-7H,1-3H3;2*1H;;/q2*-1;;;;;2*+2. The molecule has 56 heavy (non-hydrogen) atoms. The van der Waals surface area contributed by atoms with Crippen molar-refractivity contribution < 1.29 is 56.8 Å². The predicted molar refractivity (Wildman–Crippen MR) is 238 cm³/mol. The topological polar surface area (TPSA) is 80.9 Å². The Morgan fingerprint density at radius 1 is 0.393 bits per heavy atom. The Hall–Kier alpha value is -2.08. The summed E-state index contributed by atoms with van der Waals surface area (Å²) in [4.78, 5) is 0. The van der Waals surface area contributed by atoms with Gasteiger partial charge in [0.1, 0.15) is 0 Å². The van der Waals surface area contributed by atoms with Crippen molar-refractivity contribution in [2.45, 2.75) is 54.1 Å². The van der Waals surface area contributed by atoms with E-state index in [-0.39, 0.29) is 10.8 Å². The van der Waals surface area contributed by atoms with Gasteiger partial charge >= 0.3 is 55.4 Å². The van der Waals surface area contributed by atoms with Crippen LogP contribution < -0.4 is 31.8 Å². The molecule has 0 saturated heterocycles. The molecule has 0 amide bonds. The number of benzene rings is 6. The van der Waals surface area contributed by atoms with Crippen molar-refractivity contribution >= 4 is 66.7 Å². The fourth-order valence-electron chi connectivity index (χ4n) is 4.47. The fraction of sp³-hybridized carbons (Fsp3) is 0.217. The van der Waals surface area contributed by atoms with Gasteiger partial charge in [-0.3, -0.25) is 0 Å². The average Bonchev–Trinajstić information content (AvgIpc) is 3.22. The molecule has 10 heteroatoms. The summed E-state index contributed by atoms with van der Waals surface area (Å²) >= 11 is 4.44. The van der Waals surface area contributed by atoms with E-state index in [1.54, 1.807) is 41.5 Å². The molecule has 0 aromatic heterocycles. The van der Waals surface area contributed by atoms with E-state index in [0.29, 0.717) is 0 Å². The molecule has 0 bridgehead atoms. The van der Waals surface area contributed by atoms with Gasteiger partial charge < -0.3 is 20.4 Å². The van der Waals surface area contributed by atoms with Crippen LogP contribution in [0.5, 0.6) is 0 Å². The zero-order valence-corrected chi connectivity index (χ0v) is 39.1. The van der Waals surface area contributed by atoms with Crippen molar-refractivity contribution in [1.29, 1.82) is 0 Å². The van der Waals surface area contributed by atoms with Gasteiger partial charge in [0.05, 0.1) is 37.1 Å². The van der Waals surface area contributed by atoms with Crippen molar-refractivity contribution in [3.63, 3.8) is 0 Å². The summed E-state index contributed by atoms with van der Waals surface area (Å²) in [6, 6.07) is 66.5. The Morgan fingerprint density at radius 3 is 0.750 bits per heavy atom. The second-order valence-corrected chi connectivity index (χ2v) is 19.1. The molecule has 0 heterocycles. The summed E-state index contributed by atoms with van der Waals surface area (Å²) in [6.07, 6.45) is -2.40. The van der Waals surface area contributed by atoms with E-state index in [9.17, 15) is 0 Å². The summed E-state index contributed by atoms with van der Waals surface area (Å²) in [6.45, 7) is 10.6. The van der Waals surface area contributed by atoms with Crippen LogP contribution in [0.1, 0.15) is 41.5 Å². The molecule has 6 rings (SSSR count). The van der Waals surface area contributed by atoms with E-state index in [2.05, 4.69) is 213 Å². The Morgan fingerprint density at radius 2 is 0.589 bits per heavy atom. The maximum absolute atomic E-state index is 8.44. The van der Waals surface area contributed by atoms with Crippen molar-refractivity contribution in [1.82, 2.24) is 0 Å². The molecule has 4 N–H and O–H groups in total. The molecular weight excluding hydrogens is 962 g/mol. The van der Waals surface area contributed by atoms with Crippen molar-refractivity contribution in [2.75, 3.05) is 0 Å². The van der Waals surface area contributed by atoms with Crippen LogP contribution in [-0.4, -0.2) is 33.0 Å². The van der Waals surface area contributed by atoms with Crippen LogP contribution in [0.2, 0.25) is 0 Å². The van der Waals surface area contributed by atoms with Crippen molar-refractivity contribution in [3.05, 3.63) is 182 Å². The van der Waals surface area contributed by atoms with Gasteiger partial charge in [-0.25, -0.2) is 0 Å². The molecule has 0 fully saturated rings. The van der Waals surface area contributed by atoms with Gasteiger partial charge in [-0.1, -0.05) is 114 Å². The first-order valence-electron chi connectivity index (χ1n) is 17.6. The molecule has 304 valence electrons. The maximum atomic E-state index is 8.44. The number of rotatable bonds is 6. The third-order valence-corrected chi connectivity index (χ3v) is 13.1. The van der Waals surface area contributed by atoms with Crippen LogP contribution in [0.15, 0.2) is 170 Å². The molecular formula is C46H54Cl2O4P2Pd2+2. The Labute approximate surface area is 367 Å². The molecule has 0 saturated carbocycles. The maximum Gasteiger partial charge on any atom is 0.0996 e. The van der Waals surface area contributed by atoms with Gasteiger partial charge in [-0.15, -0.1) is 24.3 Å². The van der Waals surface area contributed by atoms with Crippen LogP contribution in [0.3, 0.4) is 0 Å². The fourth-order valence-corrected chi connectivity index (χ4v) is 9.47. The van der Waals surface area contributed by atoms with Crippen LogP contribution >= 0.6 is 34.9 Å². The van der Waals surface area contributed by atoms with Gasteiger partial charge in [-0.2, -0.15) is 36.4 Å². The Balaban J connectivity index is 0.000000397. The van der Waals surface area contributed by atoms with Crippen molar-refractivity contribution in [2.24, 2.45) is 10.8 Å². The zero-order chi connectivity index (χ0) is 42.0. The second kappa shape index (κ2) is 29.2. The van der Waals surface area contributed by atoms with Gasteiger partial charge in [0.25, 0.3) is 0 Å². The summed E-state index contributed by atoms with van der Waals surface area (Å²) in [5.74, 6) is 0. The average molecular weight is 1020 g/mol. The number of halogens is 2. The summed E-state index contributed by atoms with van der Waals surface area (Å²) in [5.41, 5.74) is -0.778. The van der Waals surface area contributed by atoms with Gasteiger partial charge in [0, 0.05) is 10.8 Å². The van der Waals surface area contributed by atoms with Crippen LogP contribution in [0.4, 0.5) is 0 Å². The number of aliphatic hydroxyl groups is 4. The third kappa shape index (κ3) is 20.1. The zero-order valence-electron chi connectivity index (χ0n) is 32.5. The second-order valence-electron chi connectivity index (χ2n) is 14.2. The molecule has 0 aliphatic carbocycles. The quantitative estimate of drug-likeness (QED) is 0.0591. The summed E-state index contributed by atoms with van der Waals surface area (Å²) in [5, 5.41) is 42.0. The SMILES string of the molecule is CC(C)(C)C(O)O.CC(C)(C)C(O)O.[Cl][Pd+].[Cl][Pd+].[c-]1ccccc1[PH+](c1ccccc1)c1ccccc1.[c-]1ccccc1[PH+](c1ccccc1)c1ccccc1. The molecule has 4 nitrogen and oxygen atoms in total. The minimum Gasteiger partial charge on any atom is -0.173 e. The summed E-state index contributed by atoms with van der Waals surface area (Å²) in [7, 11) is 7.11. The van der Waals surface area contributed by atoms with Gasteiger partial charge in [-0.05, 0) is 59.1 Å². The van der Waals surface area contributed by atoms with E-state index >= 15 is 0 Å². The molecule has 0 atom stereocenters. The first-order chi connectivity index (χ1) is 26.8. The largest absolute Gasteiger partial charge is 0.173 e. The summed E-state index contributed by atoms with van der Waals surface area (Å²) < 4.78 is 0. The third-order valence-electron chi connectivity index (χ3n) is 7.76. The smallest absolute Gasteiger partial charge is 0.0996 e. The van der Waals surface area contributed by atoms with E-state index in [0.717, 1.165) is 0 Å². The number of hydrogen-bond donors (Lipinski definition) is 4. The molecule has 6 aromatic carbocycles. The Bertz CT molecular complexity index is 1470. The van der Waals surface area contributed by atoms with Crippen molar-refractivity contribution in [3.8, 4) is 0 Å². The molecule has 0 spiro atoms. The van der Waals surface area contributed by atoms with Gasteiger partial charge in [0.15, 0.2) is 12.6 Å². The molecule has 0 aliphatic heterocycles. The first-order valence-corrected chi connectivity index (χ1v) is 24.7. The number of hydrogen-bond acceptors (Lipinski definition) is 4. The van der Waals surface area contributed by atoms with E-state index < -0.39 is 28.4 Å². The first kappa shape index (κ1) is 51.9. The van der Waals surface area contributed by atoms with Crippen LogP contribution in [0.25, 0.3) is 0 Å². The normalized spacial score (nSPS) is 10.6. The predicted octanol–water partition coefficient (Wildman–Crippen LogP) is 8.01. The van der Waals surface area contributed by atoms with E-state index in [4.69, 9.17) is 20.4 Å². The van der Waals surface area contributed by atoms with E-state index in [1.165, 1.54) is 31.8 Å². The van der Waals surface area contributed by atoms with E-state index in [1.807, 2.05) is 24.3 Å². The Kier molecular flexibility index (Phi) is 27.1. The minimum atomic E-state index is -1.20. The molecule has 0 aliphatic rings. The molecule has 6 aromatic rings. The van der Waals surface area contributed by atoms with Crippen LogP contribution in [-0.2, 0) is 36.4 Å². The molecule has 0 radical (unpaired) electrons. The monoisotopic (exact) mass is 1010 g/mol. The van der Waals surface area contributed by atoms with Gasteiger partial charge in [0.2, 0.25) is 0 Å². The minimum absolute atomic E-state index is 0.389. The molecule has 0 unspecified atom stereocenters.